The Labute approximate surface area is 133 Å². The third-order valence-electron chi connectivity index (χ3n) is 3.73. The molecule has 0 saturated heterocycles. The number of nitrogen functional groups attached to an aromatic ring is 2. The molecule has 1 saturated carbocycles. The standard InChI is InChI=1S/C13H23N5O3S/c1-3-13(19,20)22-12-17-10(15)9(14)11(18-12)16-7-4-5-8(6-7)21-2/h7-8,19-20H,3-6,14H2,1-2H3,(H3,15,16,17,18). The minimum Gasteiger partial charge on any atom is -0.393 e. The van der Waals surface area contributed by atoms with E-state index in [0.717, 1.165) is 31.0 Å². The fourth-order valence-electron chi connectivity index (χ4n) is 2.32. The number of nitrogens with two attached hydrogens (primary N) is 2. The van der Waals surface area contributed by atoms with E-state index in [1.54, 1.807) is 14.0 Å². The lowest BCUT2D eigenvalue weighted by Crippen LogP contribution is -2.23. The van der Waals surface area contributed by atoms with Gasteiger partial charge in [-0.2, -0.15) is 0 Å². The van der Waals surface area contributed by atoms with Crippen LogP contribution in [-0.2, 0) is 4.74 Å². The Morgan fingerprint density at radius 2 is 2.09 bits per heavy atom. The van der Waals surface area contributed by atoms with Gasteiger partial charge in [-0.05, 0) is 31.0 Å². The molecular formula is C13H23N5O3S. The molecule has 0 bridgehead atoms. The van der Waals surface area contributed by atoms with Gasteiger partial charge in [-0.1, -0.05) is 6.92 Å². The normalized spacial score (nSPS) is 22.0. The Balaban J connectivity index is 2.15. The van der Waals surface area contributed by atoms with Gasteiger partial charge >= 0.3 is 0 Å². The fourth-order valence-corrected chi connectivity index (χ4v) is 3.04. The molecule has 9 heteroatoms. The highest BCUT2D eigenvalue weighted by Gasteiger charge is 2.27. The van der Waals surface area contributed by atoms with Crippen LogP contribution in [0, 0.1) is 0 Å². The Morgan fingerprint density at radius 3 is 2.68 bits per heavy atom. The molecule has 0 spiro atoms. The van der Waals surface area contributed by atoms with Crippen molar-refractivity contribution < 1.29 is 14.9 Å². The maximum atomic E-state index is 9.71. The molecule has 7 N–H and O–H groups in total. The van der Waals surface area contributed by atoms with Gasteiger partial charge in [0.15, 0.2) is 16.8 Å². The highest BCUT2D eigenvalue weighted by Crippen LogP contribution is 2.33. The number of hydrogen-bond acceptors (Lipinski definition) is 9. The van der Waals surface area contributed by atoms with Crippen LogP contribution < -0.4 is 16.8 Å². The first-order valence-corrected chi connectivity index (χ1v) is 8.02. The summed E-state index contributed by atoms with van der Waals surface area (Å²) in [7, 11) is 1.70. The minimum absolute atomic E-state index is 0.119. The summed E-state index contributed by atoms with van der Waals surface area (Å²) >= 11 is 0.735. The van der Waals surface area contributed by atoms with E-state index in [0.29, 0.717) is 5.82 Å². The molecule has 1 heterocycles. The van der Waals surface area contributed by atoms with E-state index in [2.05, 4.69) is 15.3 Å². The zero-order valence-electron chi connectivity index (χ0n) is 12.7. The van der Waals surface area contributed by atoms with Crippen LogP contribution in [0.5, 0.6) is 0 Å². The van der Waals surface area contributed by atoms with E-state index in [1.807, 2.05) is 0 Å². The predicted octanol–water partition coefficient (Wildman–Crippen LogP) is 0.761. The van der Waals surface area contributed by atoms with Gasteiger partial charge in [0, 0.05) is 19.6 Å². The maximum Gasteiger partial charge on any atom is 0.220 e. The van der Waals surface area contributed by atoms with Gasteiger partial charge in [0.1, 0.15) is 5.69 Å². The number of rotatable bonds is 6. The number of ether oxygens (including phenoxy) is 1. The van der Waals surface area contributed by atoms with Crippen LogP contribution in [0.15, 0.2) is 5.16 Å². The van der Waals surface area contributed by atoms with Crippen LogP contribution in [0.25, 0.3) is 0 Å². The smallest absolute Gasteiger partial charge is 0.220 e. The summed E-state index contributed by atoms with van der Waals surface area (Å²) in [5, 5.41) is 20.9. The molecule has 0 aromatic carbocycles. The SMILES string of the molecule is CCC(O)(O)Sc1nc(N)c(N)c(NC2CCC(OC)C2)n1. The molecular weight excluding hydrogens is 306 g/mol. The molecule has 0 aliphatic heterocycles. The monoisotopic (exact) mass is 329 g/mol. The van der Waals surface area contributed by atoms with Crippen molar-refractivity contribution in [3.05, 3.63) is 0 Å². The summed E-state index contributed by atoms with van der Waals surface area (Å²) in [5.41, 5.74) is 12.0. The molecule has 0 radical (unpaired) electrons. The van der Waals surface area contributed by atoms with Crippen molar-refractivity contribution in [3.63, 3.8) is 0 Å². The maximum absolute atomic E-state index is 9.71. The number of nitrogens with zero attached hydrogens (tertiary/aromatic N) is 2. The van der Waals surface area contributed by atoms with Crippen molar-refractivity contribution in [3.8, 4) is 0 Å². The lowest BCUT2D eigenvalue weighted by Gasteiger charge is -2.20. The second kappa shape index (κ2) is 6.86. The van der Waals surface area contributed by atoms with Crippen molar-refractivity contribution in [2.24, 2.45) is 0 Å². The Kier molecular flexibility index (Phi) is 5.32. The van der Waals surface area contributed by atoms with Gasteiger partial charge in [-0.25, -0.2) is 9.97 Å². The number of anilines is 3. The summed E-state index contributed by atoms with van der Waals surface area (Å²) in [4.78, 5) is 8.25. The second-order valence-corrected chi connectivity index (χ2v) is 6.59. The topological polar surface area (TPSA) is 140 Å². The Morgan fingerprint density at radius 1 is 1.36 bits per heavy atom. The molecule has 2 atom stereocenters. The quantitative estimate of drug-likeness (QED) is 0.291. The predicted molar refractivity (Wildman–Crippen MR) is 86.2 cm³/mol. The number of methoxy groups -OCH3 is 1. The first-order chi connectivity index (χ1) is 10.3. The molecule has 8 nitrogen and oxygen atoms in total. The molecule has 1 aliphatic carbocycles. The summed E-state index contributed by atoms with van der Waals surface area (Å²) in [6, 6.07) is 0.193. The lowest BCUT2D eigenvalue weighted by atomic mass is 10.2. The summed E-state index contributed by atoms with van der Waals surface area (Å²) < 4.78 is 5.34. The van der Waals surface area contributed by atoms with Crippen LogP contribution in [0.2, 0.25) is 0 Å². The van der Waals surface area contributed by atoms with Gasteiger partial charge in [-0.3, -0.25) is 0 Å². The Hall–Kier alpha value is -1.29. The first-order valence-electron chi connectivity index (χ1n) is 7.20. The van der Waals surface area contributed by atoms with E-state index in [4.69, 9.17) is 16.2 Å². The molecule has 1 aromatic rings. The lowest BCUT2D eigenvalue weighted by molar-refractivity contribution is -0.0777. The summed E-state index contributed by atoms with van der Waals surface area (Å²) in [6.45, 7) is 1.65. The van der Waals surface area contributed by atoms with Gasteiger partial charge in [0.25, 0.3) is 0 Å². The number of hydrogen-bond donors (Lipinski definition) is 5. The fraction of sp³-hybridized carbons (Fsp3) is 0.692. The van der Waals surface area contributed by atoms with Crippen molar-refractivity contribution in [2.45, 2.75) is 55.0 Å². The molecule has 1 fully saturated rings. The average molecular weight is 329 g/mol. The van der Waals surface area contributed by atoms with E-state index in [9.17, 15) is 10.2 Å². The van der Waals surface area contributed by atoms with E-state index >= 15 is 0 Å². The van der Waals surface area contributed by atoms with E-state index in [-0.39, 0.29) is 35.2 Å². The third kappa shape index (κ3) is 4.13. The van der Waals surface area contributed by atoms with Crippen molar-refractivity contribution in [1.29, 1.82) is 0 Å². The van der Waals surface area contributed by atoms with Gasteiger partial charge in [0.05, 0.1) is 6.10 Å². The number of nitrogens with one attached hydrogen (secondary N) is 1. The average Bonchev–Trinajstić information content (AvgIpc) is 2.91. The highest BCUT2D eigenvalue weighted by molar-refractivity contribution is 8.00. The van der Waals surface area contributed by atoms with Gasteiger partial charge in [0.2, 0.25) is 5.12 Å². The van der Waals surface area contributed by atoms with Crippen molar-refractivity contribution in [2.75, 3.05) is 23.9 Å². The third-order valence-corrected chi connectivity index (χ3v) is 4.71. The molecule has 22 heavy (non-hydrogen) atoms. The molecule has 2 rings (SSSR count). The van der Waals surface area contributed by atoms with E-state index in [1.165, 1.54) is 0 Å². The molecule has 2 unspecified atom stereocenters. The summed E-state index contributed by atoms with van der Waals surface area (Å²) in [5.74, 6) is 0.539. The number of aromatic nitrogens is 2. The minimum atomic E-state index is -1.94. The number of aliphatic hydroxyl groups is 2. The molecule has 0 amide bonds. The van der Waals surface area contributed by atoms with Crippen LogP contribution in [0.1, 0.15) is 32.6 Å². The van der Waals surface area contributed by atoms with Gasteiger partial charge < -0.3 is 31.7 Å². The zero-order valence-corrected chi connectivity index (χ0v) is 13.6. The first kappa shape index (κ1) is 17.1. The zero-order chi connectivity index (χ0) is 16.3. The van der Waals surface area contributed by atoms with Crippen LogP contribution in [-0.4, -0.2) is 44.6 Å². The highest BCUT2D eigenvalue weighted by atomic mass is 32.2. The van der Waals surface area contributed by atoms with Crippen LogP contribution >= 0.6 is 11.8 Å². The van der Waals surface area contributed by atoms with Crippen molar-refractivity contribution in [1.82, 2.24) is 9.97 Å². The van der Waals surface area contributed by atoms with Crippen LogP contribution in [0.3, 0.4) is 0 Å². The Bertz CT molecular complexity index is 529. The molecule has 1 aliphatic rings. The largest absolute Gasteiger partial charge is 0.393 e. The number of thioether (sulfide) groups is 1. The van der Waals surface area contributed by atoms with Gasteiger partial charge in [-0.15, -0.1) is 0 Å². The molecule has 1 aromatic heterocycles. The summed E-state index contributed by atoms with van der Waals surface area (Å²) in [6.07, 6.45) is 3.15. The van der Waals surface area contributed by atoms with Crippen LogP contribution in [0.4, 0.5) is 17.3 Å². The second-order valence-electron chi connectivity index (χ2n) is 5.36. The van der Waals surface area contributed by atoms with Crippen molar-refractivity contribution >= 4 is 29.1 Å². The van der Waals surface area contributed by atoms with E-state index < -0.39 is 5.12 Å². The molecule has 124 valence electrons.